The highest BCUT2D eigenvalue weighted by Crippen LogP contribution is 2.11. The van der Waals surface area contributed by atoms with Crippen LogP contribution >= 0.6 is 0 Å². The molecule has 0 heterocycles. The van der Waals surface area contributed by atoms with E-state index in [0.29, 0.717) is 12.2 Å². The second kappa shape index (κ2) is 8.36. The summed E-state index contributed by atoms with van der Waals surface area (Å²) in [6.45, 7) is 4.66. The number of unbranched alkanes of at least 4 members (excludes halogenated alkanes) is 1. The molecule has 5 nitrogen and oxygen atoms in total. The number of ether oxygens (including phenoxy) is 1. The fraction of sp³-hybridized carbons (Fsp3) is 0.462. The van der Waals surface area contributed by atoms with Crippen LogP contribution in [0.4, 0.5) is 0 Å². The van der Waals surface area contributed by atoms with Gasteiger partial charge in [0.2, 0.25) is 0 Å². The lowest BCUT2D eigenvalue weighted by atomic mass is 10.2. The normalized spacial score (nSPS) is 11.5. The summed E-state index contributed by atoms with van der Waals surface area (Å²) in [6, 6.07) is 7.13. The summed E-state index contributed by atoms with van der Waals surface area (Å²) >= 11 is 0. The molecule has 5 heteroatoms. The molecule has 0 fully saturated rings. The number of rotatable bonds is 8. The van der Waals surface area contributed by atoms with Crippen LogP contribution in [0.25, 0.3) is 0 Å². The molecule has 0 atom stereocenters. The SMILES string of the molecule is CCCCNCCOc1ccc(C(N)=NO)cc1. The van der Waals surface area contributed by atoms with Gasteiger partial charge in [0.25, 0.3) is 0 Å². The topological polar surface area (TPSA) is 79.9 Å². The van der Waals surface area contributed by atoms with E-state index in [1.165, 1.54) is 12.8 Å². The Kier molecular flexibility index (Phi) is 6.64. The number of amidine groups is 1. The van der Waals surface area contributed by atoms with Crippen molar-refractivity contribution in [1.82, 2.24) is 5.32 Å². The molecular weight excluding hydrogens is 230 g/mol. The monoisotopic (exact) mass is 251 g/mol. The highest BCUT2D eigenvalue weighted by molar-refractivity contribution is 5.97. The average molecular weight is 251 g/mol. The maximum Gasteiger partial charge on any atom is 0.170 e. The van der Waals surface area contributed by atoms with Gasteiger partial charge in [-0.05, 0) is 37.2 Å². The van der Waals surface area contributed by atoms with E-state index in [4.69, 9.17) is 15.7 Å². The summed E-state index contributed by atoms with van der Waals surface area (Å²) in [4.78, 5) is 0. The zero-order valence-corrected chi connectivity index (χ0v) is 10.7. The van der Waals surface area contributed by atoms with Gasteiger partial charge in [-0.2, -0.15) is 0 Å². The van der Waals surface area contributed by atoms with E-state index < -0.39 is 0 Å². The maximum atomic E-state index is 8.53. The lowest BCUT2D eigenvalue weighted by Crippen LogP contribution is -2.22. The minimum absolute atomic E-state index is 0.0998. The Morgan fingerprint density at radius 2 is 2.06 bits per heavy atom. The predicted molar refractivity (Wildman–Crippen MR) is 72.2 cm³/mol. The van der Waals surface area contributed by atoms with Crippen molar-refractivity contribution in [2.24, 2.45) is 10.9 Å². The molecular formula is C13H21N3O2. The third-order valence-electron chi connectivity index (χ3n) is 2.51. The largest absolute Gasteiger partial charge is 0.492 e. The van der Waals surface area contributed by atoms with Crippen molar-refractivity contribution < 1.29 is 9.94 Å². The smallest absolute Gasteiger partial charge is 0.170 e. The van der Waals surface area contributed by atoms with Crippen LogP contribution in [0, 0.1) is 0 Å². The van der Waals surface area contributed by atoms with Crippen molar-refractivity contribution in [3.05, 3.63) is 29.8 Å². The van der Waals surface area contributed by atoms with Crippen molar-refractivity contribution in [2.45, 2.75) is 19.8 Å². The van der Waals surface area contributed by atoms with Gasteiger partial charge in [-0.3, -0.25) is 0 Å². The number of nitrogens with two attached hydrogens (primary N) is 1. The summed E-state index contributed by atoms with van der Waals surface area (Å²) in [5.74, 6) is 0.879. The zero-order chi connectivity index (χ0) is 13.2. The van der Waals surface area contributed by atoms with Crippen molar-refractivity contribution >= 4 is 5.84 Å². The van der Waals surface area contributed by atoms with Gasteiger partial charge in [-0.25, -0.2) is 0 Å². The van der Waals surface area contributed by atoms with Gasteiger partial charge in [-0.1, -0.05) is 18.5 Å². The Morgan fingerprint density at radius 3 is 2.67 bits per heavy atom. The predicted octanol–water partition coefficient (Wildman–Crippen LogP) is 1.55. The minimum atomic E-state index is 0.0998. The number of nitrogens with zero attached hydrogens (tertiary/aromatic N) is 1. The summed E-state index contributed by atoms with van der Waals surface area (Å²) in [6.07, 6.45) is 2.39. The van der Waals surface area contributed by atoms with Gasteiger partial charge in [0.15, 0.2) is 5.84 Å². The molecule has 0 radical (unpaired) electrons. The van der Waals surface area contributed by atoms with Gasteiger partial charge in [-0.15, -0.1) is 0 Å². The number of hydrogen-bond acceptors (Lipinski definition) is 4. The quantitative estimate of drug-likeness (QED) is 0.215. The molecule has 1 rings (SSSR count). The highest BCUT2D eigenvalue weighted by atomic mass is 16.5. The second-order valence-corrected chi connectivity index (χ2v) is 3.96. The van der Waals surface area contributed by atoms with E-state index in [0.717, 1.165) is 18.8 Å². The van der Waals surface area contributed by atoms with E-state index in [9.17, 15) is 0 Å². The Hall–Kier alpha value is -1.75. The van der Waals surface area contributed by atoms with Crippen LogP contribution in [0.15, 0.2) is 29.4 Å². The summed E-state index contributed by atoms with van der Waals surface area (Å²) < 4.78 is 5.55. The fourth-order valence-electron chi connectivity index (χ4n) is 1.45. The molecule has 0 aliphatic rings. The van der Waals surface area contributed by atoms with Crippen molar-refractivity contribution in [2.75, 3.05) is 19.7 Å². The van der Waals surface area contributed by atoms with Crippen LogP contribution in [-0.2, 0) is 0 Å². The summed E-state index contributed by atoms with van der Waals surface area (Å²) in [7, 11) is 0. The molecule has 0 unspecified atom stereocenters. The van der Waals surface area contributed by atoms with Gasteiger partial charge < -0.3 is 21.0 Å². The lowest BCUT2D eigenvalue weighted by molar-refractivity contribution is 0.313. The van der Waals surface area contributed by atoms with Crippen LogP contribution in [0.1, 0.15) is 25.3 Å². The number of benzene rings is 1. The molecule has 0 aliphatic carbocycles. The van der Waals surface area contributed by atoms with Crippen molar-refractivity contribution in [1.29, 1.82) is 0 Å². The number of nitrogens with one attached hydrogen (secondary N) is 1. The highest BCUT2D eigenvalue weighted by Gasteiger charge is 1.99. The molecule has 0 bridgehead atoms. The van der Waals surface area contributed by atoms with Crippen LogP contribution in [-0.4, -0.2) is 30.7 Å². The van der Waals surface area contributed by atoms with Gasteiger partial charge in [0.1, 0.15) is 12.4 Å². The Labute approximate surface area is 108 Å². The first kappa shape index (κ1) is 14.3. The van der Waals surface area contributed by atoms with Crippen LogP contribution < -0.4 is 15.8 Å². The van der Waals surface area contributed by atoms with Gasteiger partial charge in [0.05, 0.1) is 0 Å². The molecule has 18 heavy (non-hydrogen) atoms. The Balaban J connectivity index is 2.27. The summed E-state index contributed by atoms with van der Waals surface area (Å²) in [5.41, 5.74) is 6.13. The average Bonchev–Trinajstić information content (AvgIpc) is 2.42. The molecule has 0 saturated carbocycles. The Bertz CT molecular complexity index is 363. The molecule has 0 amide bonds. The fourth-order valence-corrected chi connectivity index (χ4v) is 1.45. The minimum Gasteiger partial charge on any atom is -0.492 e. The van der Waals surface area contributed by atoms with Crippen molar-refractivity contribution in [3.63, 3.8) is 0 Å². The molecule has 0 spiro atoms. The molecule has 4 N–H and O–H groups in total. The zero-order valence-electron chi connectivity index (χ0n) is 10.7. The molecule has 100 valence electrons. The molecule has 1 aromatic rings. The molecule has 0 aliphatic heterocycles. The van der Waals surface area contributed by atoms with E-state index in [-0.39, 0.29) is 5.84 Å². The number of oxime groups is 1. The molecule has 0 aromatic heterocycles. The first-order valence-electron chi connectivity index (χ1n) is 6.19. The number of hydrogen-bond donors (Lipinski definition) is 3. The van der Waals surface area contributed by atoms with Gasteiger partial charge in [0, 0.05) is 12.1 Å². The third-order valence-corrected chi connectivity index (χ3v) is 2.51. The second-order valence-electron chi connectivity index (χ2n) is 3.96. The van der Waals surface area contributed by atoms with Gasteiger partial charge >= 0.3 is 0 Å². The standard InChI is InChI=1S/C13H21N3O2/c1-2-3-8-15-9-10-18-12-6-4-11(5-7-12)13(14)16-17/h4-7,15,17H,2-3,8-10H2,1H3,(H2,14,16). The van der Waals surface area contributed by atoms with E-state index in [1.54, 1.807) is 24.3 Å². The van der Waals surface area contributed by atoms with E-state index in [1.807, 2.05) is 0 Å². The van der Waals surface area contributed by atoms with Crippen molar-refractivity contribution in [3.8, 4) is 5.75 Å². The molecule has 1 aromatic carbocycles. The Morgan fingerprint density at radius 1 is 1.33 bits per heavy atom. The first-order chi connectivity index (χ1) is 8.77. The van der Waals surface area contributed by atoms with Crippen LogP contribution in [0.3, 0.4) is 0 Å². The van der Waals surface area contributed by atoms with E-state index in [2.05, 4.69) is 17.4 Å². The third kappa shape index (κ3) is 5.05. The lowest BCUT2D eigenvalue weighted by Gasteiger charge is -2.07. The molecule has 0 saturated heterocycles. The van der Waals surface area contributed by atoms with Crippen LogP contribution in [0.5, 0.6) is 5.75 Å². The maximum absolute atomic E-state index is 8.53. The van der Waals surface area contributed by atoms with Crippen LogP contribution in [0.2, 0.25) is 0 Å². The van der Waals surface area contributed by atoms with E-state index >= 15 is 0 Å². The summed E-state index contributed by atoms with van der Waals surface area (Å²) in [5, 5.41) is 14.8. The first-order valence-corrected chi connectivity index (χ1v) is 6.19.